The molecule has 0 spiro atoms. The minimum absolute atomic E-state index is 0.0737. The zero-order chi connectivity index (χ0) is 12.6. The molecule has 4 heteroatoms. The van der Waals surface area contributed by atoms with Gasteiger partial charge in [-0.15, -0.1) is 0 Å². The maximum absolute atomic E-state index is 11.9. The van der Waals surface area contributed by atoms with E-state index in [1.54, 1.807) is 13.0 Å². The molecule has 1 atom stereocenters. The predicted octanol–water partition coefficient (Wildman–Crippen LogP) is 1.53. The van der Waals surface area contributed by atoms with E-state index in [4.69, 9.17) is 7.48 Å². The second-order valence-electron chi connectivity index (χ2n) is 2.84. The van der Waals surface area contributed by atoms with Crippen molar-refractivity contribution in [3.05, 3.63) is 23.8 Å². The Morgan fingerprint density at radius 2 is 2.29 bits per heavy atom. The van der Waals surface area contributed by atoms with E-state index in [1.807, 2.05) is 0 Å². The second-order valence-corrected chi connectivity index (χ2v) is 6.73. The SMILES string of the molecule is [1H][13C]([2H])(C)[Se](=O)(=O)c1ccc(OC)cc1C. The van der Waals surface area contributed by atoms with E-state index in [9.17, 15) is 7.67 Å². The van der Waals surface area contributed by atoms with E-state index >= 15 is 0 Å². The van der Waals surface area contributed by atoms with Crippen molar-refractivity contribution in [3.63, 3.8) is 0 Å². The van der Waals surface area contributed by atoms with Crippen LogP contribution in [0.3, 0.4) is 0 Å². The van der Waals surface area contributed by atoms with Crippen LogP contribution < -0.4 is 9.20 Å². The van der Waals surface area contributed by atoms with E-state index in [0.717, 1.165) is 6.92 Å². The first-order chi connectivity index (χ1) is 7.20. The summed E-state index contributed by atoms with van der Waals surface area (Å²) < 4.78 is 43.6. The monoisotopic (exact) mass is 264 g/mol. The number of rotatable bonds is 3. The zero-order valence-electron chi connectivity index (χ0n) is 10.4. The van der Waals surface area contributed by atoms with Crippen molar-refractivity contribution in [2.75, 3.05) is 7.11 Å². The third-order valence-corrected chi connectivity index (χ3v) is 5.24. The topological polar surface area (TPSA) is 43.4 Å². The Morgan fingerprint density at radius 3 is 2.71 bits per heavy atom. The van der Waals surface area contributed by atoms with Crippen LogP contribution in [0, 0.1) is 6.92 Å². The fraction of sp³-hybridized carbons (Fsp3) is 0.400. The van der Waals surface area contributed by atoms with Crippen LogP contribution in [0.2, 0.25) is 5.27 Å². The first kappa shape index (κ1) is 8.45. The second kappa shape index (κ2) is 4.11. The van der Waals surface area contributed by atoms with Crippen LogP contribution in [-0.4, -0.2) is 19.8 Å². The molecule has 1 rings (SSSR count). The van der Waals surface area contributed by atoms with Crippen LogP contribution in [0.1, 0.15) is 15.2 Å². The molecule has 0 fully saturated rings. The van der Waals surface area contributed by atoms with Crippen molar-refractivity contribution in [2.24, 2.45) is 0 Å². The van der Waals surface area contributed by atoms with Gasteiger partial charge in [0.15, 0.2) is 0 Å². The Hall–Kier alpha value is -0.861. The first-order valence-electron chi connectivity index (χ1n) is 5.09. The first-order valence-corrected chi connectivity index (χ1v) is 7.20. The predicted molar refractivity (Wildman–Crippen MR) is 55.0 cm³/mol. The quantitative estimate of drug-likeness (QED) is 0.613. The summed E-state index contributed by atoms with van der Waals surface area (Å²) in [6.45, 7) is 2.70. The molecule has 0 N–H and O–H groups in total. The molecule has 1 unspecified atom stereocenters. The van der Waals surface area contributed by atoms with Crippen molar-refractivity contribution >= 4 is 17.2 Å². The van der Waals surface area contributed by atoms with Gasteiger partial charge in [0.05, 0.1) is 0 Å². The Bertz CT molecular complexity index is 489. The molecule has 0 aromatic heterocycles. The van der Waals surface area contributed by atoms with Crippen molar-refractivity contribution in [1.29, 1.82) is 0 Å². The van der Waals surface area contributed by atoms with Gasteiger partial charge in [-0.3, -0.25) is 0 Å². The molecule has 0 aliphatic rings. The molecule has 78 valence electrons. The molecule has 0 saturated carbocycles. The summed E-state index contributed by atoms with van der Waals surface area (Å²) in [6, 6.07) is 4.51. The van der Waals surface area contributed by atoms with Gasteiger partial charge in [-0.2, -0.15) is 0 Å². The van der Waals surface area contributed by atoms with Gasteiger partial charge in [0.2, 0.25) is 0 Å². The summed E-state index contributed by atoms with van der Waals surface area (Å²) >= 11 is -4.78. The molecule has 3 nitrogen and oxygen atoms in total. The van der Waals surface area contributed by atoms with Gasteiger partial charge < -0.3 is 0 Å². The Morgan fingerprint density at radius 1 is 1.64 bits per heavy atom. The molecular formula is C10H14O3Se. The number of hydrogen-bond donors (Lipinski definition) is 0. The van der Waals surface area contributed by atoms with E-state index in [2.05, 4.69) is 0 Å². The van der Waals surface area contributed by atoms with Gasteiger partial charge in [0.25, 0.3) is 0 Å². The number of methoxy groups -OCH3 is 1. The average Bonchev–Trinajstić information content (AvgIpc) is 2.15. The van der Waals surface area contributed by atoms with Crippen LogP contribution in [-0.2, 0) is 7.67 Å². The molecule has 14 heavy (non-hydrogen) atoms. The normalized spacial score (nSPS) is 17.9. The number of benzene rings is 1. The van der Waals surface area contributed by atoms with Crippen LogP contribution in [0.4, 0.5) is 0 Å². The van der Waals surface area contributed by atoms with E-state index in [1.165, 1.54) is 19.2 Å². The number of ether oxygens (including phenoxy) is 1. The summed E-state index contributed by atoms with van der Waals surface area (Å²) in [4.78, 5) is 0. The summed E-state index contributed by atoms with van der Waals surface area (Å²) in [5.74, 6) is 0.561. The zero-order valence-corrected chi connectivity index (χ0v) is 10.1. The molecule has 0 bridgehead atoms. The molecule has 0 amide bonds. The van der Waals surface area contributed by atoms with Crippen LogP contribution in [0.5, 0.6) is 5.75 Å². The Labute approximate surface area is 88.5 Å². The van der Waals surface area contributed by atoms with Gasteiger partial charge in [0, 0.05) is 0 Å². The molecule has 1 aromatic carbocycles. The summed E-state index contributed by atoms with van der Waals surface area (Å²) in [5, 5.41) is -2.21. The van der Waals surface area contributed by atoms with E-state index < -0.39 is 18.0 Å². The average molecular weight is 263 g/mol. The Kier molecular flexibility index (Phi) is 2.48. The van der Waals surface area contributed by atoms with Crippen molar-refractivity contribution in [1.82, 2.24) is 0 Å². The van der Waals surface area contributed by atoms with E-state index in [0.29, 0.717) is 11.3 Å². The van der Waals surface area contributed by atoms with E-state index in [-0.39, 0.29) is 4.46 Å². The van der Waals surface area contributed by atoms with Crippen LogP contribution in [0.15, 0.2) is 18.2 Å². The fourth-order valence-electron chi connectivity index (χ4n) is 1.16. The molecule has 0 heterocycles. The molecule has 0 aliphatic heterocycles. The number of aryl methyl sites for hydroxylation is 1. The summed E-state index contributed by atoms with van der Waals surface area (Å²) in [6.07, 6.45) is 0. The summed E-state index contributed by atoms with van der Waals surface area (Å²) in [5.41, 5.74) is 0.509. The summed E-state index contributed by atoms with van der Waals surface area (Å²) in [7, 11) is 1.49. The van der Waals surface area contributed by atoms with Gasteiger partial charge in [-0.1, -0.05) is 0 Å². The third kappa shape index (κ3) is 2.14. The molecule has 0 aliphatic carbocycles. The minimum atomic E-state index is -4.78. The Balaban J connectivity index is 3.36. The number of hydrogen-bond acceptors (Lipinski definition) is 3. The van der Waals surface area contributed by atoms with Crippen LogP contribution >= 0.6 is 0 Å². The van der Waals surface area contributed by atoms with Crippen LogP contribution in [0.25, 0.3) is 0 Å². The standard InChI is InChI=1S/C10H14O3Se/c1-4-14(11,12)10-6-5-9(13-3)7-8(10)2/h5-7H,4H2,1-3H3/i4+1DH. The van der Waals surface area contributed by atoms with Gasteiger partial charge in [0.1, 0.15) is 0 Å². The molecule has 0 saturated heterocycles. The fourth-order valence-corrected chi connectivity index (χ4v) is 3.15. The molecular weight excluding hydrogens is 248 g/mol. The molecule has 0 radical (unpaired) electrons. The third-order valence-electron chi connectivity index (χ3n) is 1.94. The van der Waals surface area contributed by atoms with Gasteiger partial charge >= 0.3 is 88.1 Å². The van der Waals surface area contributed by atoms with Gasteiger partial charge in [-0.05, 0) is 0 Å². The maximum atomic E-state index is 11.9. The van der Waals surface area contributed by atoms with Crippen molar-refractivity contribution < 1.29 is 15.1 Å². The van der Waals surface area contributed by atoms with Crippen molar-refractivity contribution in [2.45, 2.75) is 19.1 Å². The van der Waals surface area contributed by atoms with Gasteiger partial charge in [-0.25, -0.2) is 0 Å². The van der Waals surface area contributed by atoms with Crippen molar-refractivity contribution in [3.8, 4) is 5.75 Å². The molecule has 1 aromatic rings.